The van der Waals surface area contributed by atoms with Crippen molar-refractivity contribution >= 4 is 22.9 Å². The van der Waals surface area contributed by atoms with E-state index in [2.05, 4.69) is 37.5 Å². The smallest absolute Gasteiger partial charge is 0.416 e. The third-order valence-corrected chi connectivity index (χ3v) is 6.80. The van der Waals surface area contributed by atoms with E-state index in [-0.39, 0.29) is 0 Å². The lowest BCUT2D eigenvalue weighted by atomic mass is 10.0. The Bertz CT molecular complexity index is 1430. The Labute approximate surface area is 216 Å². The van der Waals surface area contributed by atoms with Crippen LogP contribution < -0.4 is 4.74 Å². The average molecular weight is 521 g/mol. The third-order valence-electron chi connectivity index (χ3n) is 5.71. The molecule has 0 radical (unpaired) electrons. The molecule has 1 N–H and O–H groups in total. The lowest BCUT2D eigenvalue weighted by Crippen LogP contribution is -2.20. The monoisotopic (exact) mass is 520 g/mol. The van der Waals surface area contributed by atoms with Crippen molar-refractivity contribution in [1.82, 2.24) is 19.3 Å². The quantitative estimate of drug-likeness (QED) is 0.254. The van der Waals surface area contributed by atoms with Crippen LogP contribution in [-0.4, -0.2) is 32.4 Å². The van der Waals surface area contributed by atoms with Crippen molar-refractivity contribution in [1.29, 1.82) is 0 Å². The van der Waals surface area contributed by atoms with E-state index in [9.17, 15) is 13.2 Å². The molecule has 0 saturated carbocycles. The normalized spacial score (nSPS) is 13.7. The molecule has 0 bridgehead atoms. The second kappa shape index (κ2) is 11.1. The second-order valence-electron chi connectivity index (χ2n) is 8.27. The number of para-hydroxylation sites is 1. The predicted octanol–water partition coefficient (Wildman–Crippen LogP) is 7.23. The summed E-state index contributed by atoms with van der Waals surface area (Å²) < 4.78 is 46.3. The van der Waals surface area contributed by atoms with Gasteiger partial charge < -0.3 is 9.72 Å². The van der Waals surface area contributed by atoms with Gasteiger partial charge in [0.15, 0.2) is 0 Å². The van der Waals surface area contributed by atoms with Gasteiger partial charge in [-0.15, -0.1) is 0 Å². The van der Waals surface area contributed by atoms with Gasteiger partial charge in [-0.1, -0.05) is 36.4 Å². The van der Waals surface area contributed by atoms with Crippen molar-refractivity contribution in [2.45, 2.75) is 17.6 Å². The Morgan fingerprint density at radius 1 is 0.892 bits per heavy atom. The number of hydrogen-bond donors (Lipinski definition) is 1. The van der Waals surface area contributed by atoms with Crippen LogP contribution in [-0.2, 0) is 12.7 Å². The lowest BCUT2D eigenvalue weighted by molar-refractivity contribution is -0.137. The lowest BCUT2D eigenvalue weighted by Gasteiger charge is -2.17. The molecule has 0 fully saturated rings. The number of alkyl halides is 3. The van der Waals surface area contributed by atoms with Crippen LogP contribution in [0.1, 0.15) is 11.4 Å². The fourth-order valence-corrected chi connectivity index (χ4v) is 4.87. The minimum atomic E-state index is -4.34. The molecule has 2 aromatic heterocycles. The maximum atomic E-state index is 12.8. The van der Waals surface area contributed by atoms with E-state index in [0.717, 1.165) is 39.7 Å². The van der Waals surface area contributed by atoms with Gasteiger partial charge in [0, 0.05) is 30.7 Å². The summed E-state index contributed by atoms with van der Waals surface area (Å²) >= 11 is 1.54. The Morgan fingerprint density at radius 2 is 1.65 bits per heavy atom. The highest BCUT2D eigenvalue weighted by atomic mass is 32.2. The molecule has 1 aliphatic heterocycles. The zero-order chi connectivity index (χ0) is 25.7. The van der Waals surface area contributed by atoms with Crippen LogP contribution in [0.5, 0.6) is 5.75 Å². The van der Waals surface area contributed by atoms with Gasteiger partial charge in [-0.3, -0.25) is 0 Å². The molecule has 0 aliphatic carbocycles. The number of halogens is 3. The van der Waals surface area contributed by atoms with Crippen LogP contribution in [0.15, 0.2) is 102 Å². The van der Waals surface area contributed by atoms with Gasteiger partial charge in [0.25, 0.3) is 0 Å². The molecule has 37 heavy (non-hydrogen) atoms. The molecule has 0 spiro atoms. The number of H-pyrrole nitrogens is 1. The van der Waals surface area contributed by atoms with E-state index in [1.165, 1.54) is 35.0 Å². The van der Waals surface area contributed by atoms with Gasteiger partial charge in [-0.2, -0.15) is 13.2 Å². The molecular formula is C28H23F3N4OS. The molecular weight excluding hydrogens is 497 g/mol. The van der Waals surface area contributed by atoms with E-state index < -0.39 is 11.7 Å². The van der Waals surface area contributed by atoms with Crippen molar-refractivity contribution in [2.75, 3.05) is 13.2 Å². The van der Waals surface area contributed by atoms with E-state index in [0.29, 0.717) is 19.7 Å². The van der Waals surface area contributed by atoms with Crippen molar-refractivity contribution in [2.24, 2.45) is 0 Å². The number of ether oxygens (including phenoxy) is 1. The zero-order valence-corrected chi connectivity index (χ0v) is 20.5. The third kappa shape index (κ3) is 6.31. The van der Waals surface area contributed by atoms with Crippen LogP contribution >= 0.6 is 11.9 Å². The van der Waals surface area contributed by atoms with Crippen molar-refractivity contribution in [3.8, 4) is 16.9 Å². The minimum Gasteiger partial charge on any atom is -0.491 e. The van der Waals surface area contributed by atoms with Gasteiger partial charge in [-0.05, 0) is 70.9 Å². The van der Waals surface area contributed by atoms with E-state index in [1.54, 1.807) is 18.5 Å². The molecule has 9 heteroatoms. The predicted molar refractivity (Wildman–Crippen MR) is 139 cm³/mol. The summed E-state index contributed by atoms with van der Waals surface area (Å²) in [5.74, 6) is 1.48. The van der Waals surface area contributed by atoms with Crippen LogP contribution in [0.3, 0.4) is 0 Å². The average Bonchev–Trinajstić information content (AvgIpc) is 3.30. The highest BCUT2D eigenvalue weighted by Crippen LogP contribution is 2.38. The second-order valence-corrected chi connectivity index (χ2v) is 9.41. The van der Waals surface area contributed by atoms with Crippen LogP contribution in [0.25, 0.3) is 22.0 Å². The maximum absolute atomic E-state index is 12.8. The molecule has 0 unspecified atom stereocenters. The SMILES string of the molecule is FC(F)(F)c1ccc(-c2ccc3c(c2)SN(Cc2ncccn2)CCO3)cc1.c1ccc2[nH]ccc2c1. The van der Waals surface area contributed by atoms with Crippen LogP contribution in [0.2, 0.25) is 0 Å². The number of benzene rings is 3. The van der Waals surface area contributed by atoms with E-state index in [1.807, 2.05) is 36.5 Å². The first kappa shape index (κ1) is 24.9. The fraction of sp³-hybridized carbons (Fsp3) is 0.143. The fourth-order valence-electron chi connectivity index (χ4n) is 3.85. The zero-order valence-electron chi connectivity index (χ0n) is 19.7. The largest absolute Gasteiger partial charge is 0.491 e. The number of nitrogens with zero attached hydrogens (tertiary/aromatic N) is 3. The Balaban J connectivity index is 0.000000260. The minimum absolute atomic E-state index is 0.534. The highest BCUT2D eigenvalue weighted by Gasteiger charge is 2.30. The Kier molecular flexibility index (Phi) is 7.43. The van der Waals surface area contributed by atoms with E-state index in [4.69, 9.17) is 4.74 Å². The van der Waals surface area contributed by atoms with Gasteiger partial charge in [0.1, 0.15) is 18.2 Å². The number of fused-ring (bicyclic) bond motifs is 2. The first-order chi connectivity index (χ1) is 18.0. The molecule has 5 nitrogen and oxygen atoms in total. The molecule has 6 rings (SSSR count). The van der Waals surface area contributed by atoms with Crippen molar-refractivity contribution < 1.29 is 17.9 Å². The number of aromatic amines is 1. The van der Waals surface area contributed by atoms with Crippen LogP contribution in [0, 0.1) is 0 Å². The van der Waals surface area contributed by atoms with Gasteiger partial charge in [0.2, 0.25) is 0 Å². The number of aromatic nitrogens is 3. The molecule has 0 saturated heterocycles. The summed E-state index contributed by atoms with van der Waals surface area (Å²) in [4.78, 5) is 12.5. The topological polar surface area (TPSA) is 54.0 Å². The first-order valence-electron chi connectivity index (χ1n) is 11.6. The molecule has 5 aromatic rings. The van der Waals surface area contributed by atoms with E-state index >= 15 is 0 Å². The van der Waals surface area contributed by atoms with Gasteiger partial charge in [0.05, 0.1) is 17.0 Å². The van der Waals surface area contributed by atoms with Crippen LogP contribution in [0.4, 0.5) is 13.2 Å². The summed E-state index contributed by atoms with van der Waals surface area (Å²) in [5, 5.41) is 1.28. The highest BCUT2D eigenvalue weighted by molar-refractivity contribution is 7.97. The molecule has 0 amide bonds. The van der Waals surface area contributed by atoms with Crippen molar-refractivity contribution in [3.63, 3.8) is 0 Å². The molecule has 3 heterocycles. The molecule has 0 atom stereocenters. The molecule has 1 aliphatic rings. The number of rotatable bonds is 3. The summed E-state index contributed by atoms with van der Waals surface area (Å²) in [7, 11) is 0. The number of hydrogen-bond acceptors (Lipinski definition) is 5. The molecule has 3 aromatic carbocycles. The van der Waals surface area contributed by atoms with Crippen molar-refractivity contribution in [3.05, 3.63) is 109 Å². The molecule has 188 valence electrons. The first-order valence-corrected chi connectivity index (χ1v) is 12.4. The Morgan fingerprint density at radius 3 is 2.41 bits per heavy atom. The summed E-state index contributed by atoms with van der Waals surface area (Å²) in [6.45, 7) is 1.80. The number of nitrogens with one attached hydrogen (secondary N) is 1. The van der Waals surface area contributed by atoms with Gasteiger partial charge in [-0.25, -0.2) is 14.3 Å². The maximum Gasteiger partial charge on any atom is 0.416 e. The standard InChI is InChI=1S/C20H16F3N3OS.C8H7N/c21-20(22,23)16-5-2-14(3-6-16)15-4-7-17-18(12-15)28-26(10-11-27-17)13-19-24-8-1-9-25-19;1-2-4-8-7(3-1)5-6-9-8/h1-9,12H,10-11,13H2;1-6,9H. The summed E-state index contributed by atoms with van der Waals surface area (Å²) in [6, 6.07) is 22.9. The Hall–Kier alpha value is -3.82. The summed E-state index contributed by atoms with van der Waals surface area (Å²) in [5.41, 5.74) is 2.11. The van der Waals surface area contributed by atoms with Gasteiger partial charge >= 0.3 is 6.18 Å². The summed E-state index contributed by atoms with van der Waals surface area (Å²) in [6.07, 6.45) is 1.02.